The van der Waals surface area contributed by atoms with Crippen molar-refractivity contribution in [3.05, 3.63) is 58.5 Å². The van der Waals surface area contributed by atoms with Crippen LogP contribution in [-0.2, 0) is 0 Å². The quantitative estimate of drug-likeness (QED) is 0.840. The van der Waals surface area contributed by atoms with Crippen LogP contribution in [-0.4, -0.2) is 11.7 Å². The minimum absolute atomic E-state index is 0.0335. The summed E-state index contributed by atoms with van der Waals surface area (Å²) in [4.78, 5) is 23.9. The number of nitrogens with one attached hydrogen (secondary N) is 1. The maximum Gasteiger partial charge on any atom is 0.255 e. The zero-order valence-electron chi connectivity index (χ0n) is 14.3. The van der Waals surface area contributed by atoms with E-state index in [9.17, 15) is 9.59 Å². The maximum absolute atomic E-state index is 12.5. The number of furan rings is 1. The number of aryl methyl sites for hydroxylation is 2. The minimum Gasteiger partial charge on any atom is -0.466 e. The molecule has 1 atom stereocenters. The monoisotopic (exact) mass is 313 g/mol. The summed E-state index contributed by atoms with van der Waals surface area (Å²) in [7, 11) is 0. The molecule has 1 aromatic heterocycles. The smallest absolute Gasteiger partial charge is 0.255 e. The number of rotatable bonds is 5. The number of carbonyl (C=O) groups excluding carboxylic acids is 2. The maximum atomic E-state index is 12.5. The molecule has 2 aromatic rings. The van der Waals surface area contributed by atoms with Crippen molar-refractivity contribution in [3.8, 4) is 0 Å². The van der Waals surface area contributed by atoms with Gasteiger partial charge in [0.05, 0.1) is 11.6 Å². The second-order valence-electron chi connectivity index (χ2n) is 6.20. The Hall–Kier alpha value is -2.36. The van der Waals surface area contributed by atoms with Gasteiger partial charge >= 0.3 is 0 Å². The van der Waals surface area contributed by atoms with Gasteiger partial charge in [-0.3, -0.25) is 9.59 Å². The van der Waals surface area contributed by atoms with E-state index in [1.165, 1.54) is 0 Å². The Balaban J connectivity index is 2.23. The minimum atomic E-state index is -0.145. The zero-order valence-corrected chi connectivity index (χ0v) is 14.3. The lowest BCUT2D eigenvalue weighted by Crippen LogP contribution is -2.31. The van der Waals surface area contributed by atoms with Gasteiger partial charge in [0.15, 0.2) is 5.78 Å². The summed E-state index contributed by atoms with van der Waals surface area (Å²) >= 11 is 0. The van der Waals surface area contributed by atoms with Gasteiger partial charge in [0.2, 0.25) is 0 Å². The average Bonchev–Trinajstić information content (AvgIpc) is 2.83. The summed E-state index contributed by atoms with van der Waals surface area (Å²) in [5.41, 5.74) is 2.22. The highest BCUT2D eigenvalue weighted by Crippen LogP contribution is 2.24. The molecule has 1 unspecified atom stereocenters. The predicted octanol–water partition coefficient (Wildman–Crippen LogP) is 4.23. The topological polar surface area (TPSA) is 59.3 Å². The molecule has 0 aliphatic rings. The number of Topliss-reactive ketones (excluding diaryl/α,β-unsaturated/α-hetero) is 1. The van der Waals surface area contributed by atoms with Gasteiger partial charge in [-0.05, 0) is 38.3 Å². The lowest BCUT2D eigenvalue weighted by Gasteiger charge is -2.23. The summed E-state index contributed by atoms with van der Waals surface area (Å²) in [5.74, 6) is 1.45. The Morgan fingerprint density at radius 3 is 2.13 bits per heavy atom. The van der Waals surface area contributed by atoms with E-state index < -0.39 is 0 Å². The van der Waals surface area contributed by atoms with E-state index in [-0.39, 0.29) is 23.7 Å². The van der Waals surface area contributed by atoms with Gasteiger partial charge in [-0.25, -0.2) is 0 Å². The van der Waals surface area contributed by atoms with Crippen molar-refractivity contribution in [3.63, 3.8) is 0 Å². The standard InChI is InChI=1S/C19H23NO3/c1-11(2)18(16-8-6-15(7-9-16)13(4)21)20-19(22)17-10-12(3)23-14(17)5/h6-11,18H,1-5H3,(H,20,22). The molecule has 23 heavy (non-hydrogen) atoms. The summed E-state index contributed by atoms with van der Waals surface area (Å²) in [5, 5.41) is 3.07. The highest BCUT2D eigenvalue weighted by molar-refractivity contribution is 5.95. The van der Waals surface area contributed by atoms with E-state index in [1.807, 2.05) is 19.1 Å². The Labute approximate surface area is 136 Å². The Morgan fingerprint density at radius 1 is 1.09 bits per heavy atom. The van der Waals surface area contributed by atoms with Gasteiger partial charge in [-0.15, -0.1) is 0 Å². The molecular weight excluding hydrogens is 290 g/mol. The summed E-state index contributed by atoms with van der Waals surface area (Å²) in [6, 6.07) is 9.02. The van der Waals surface area contributed by atoms with Crippen molar-refractivity contribution in [1.29, 1.82) is 0 Å². The Kier molecular flexibility index (Phi) is 5.04. The molecule has 122 valence electrons. The van der Waals surface area contributed by atoms with Crippen LogP contribution in [0.15, 0.2) is 34.7 Å². The van der Waals surface area contributed by atoms with E-state index in [0.29, 0.717) is 16.9 Å². The molecule has 0 saturated carbocycles. The van der Waals surface area contributed by atoms with Gasteiger partial charge in [0.1, 0.15) is 11.5 Å². The molecule has 1 heterocycles. The van der Waals surface area contributed by atoms with Gasteiger partial charge < -0.3 is 9.73 Å². The molecule has 4 heteroatoms. The van der Waals surface area contributed by atoms with E-state index in [4.69, 9.17) is 4.42 Å². The van der Waals surface area contributed by atoms with Crippen LogP contribution in [0.25, 0.3) is 0 Å². The number of benzene rings is 1. The van der Waals surface area contributed by atoms with Crippen molar-refractivity contribution in [2.75, 3.05) is 0 Å². The molecule has 0 saturated heterocycles. The number of carbonyl (C=O) groups is 2. The van der Waals surface area contributed by atoms with Crippen molar-refractivity contribution in [1.82, 2.24) is 5.32 Å². The fourth-order valence-corrected chi connectivity index (χ4v) is 2.64. The molecule has 0 fully saturated rings. The first-order chi connectivity index (χ1) is 10.8. The molecule has 0 radical (unpaired) electrons. The third kappa shape index (κ3) is 3.89. The van der Waals surface area contributed by atoms with Gasteiger partial charge in [-0.1, -0.05) is 38.1 Å². The van der Waals surface area contributed by atoms with E-state index in [0.717, 1.165) is 11.3 Å². The number of hydrogen-bond donors (Lipinski definition) is 1. The van der Waals surface area contributed by atoms with Crippen molar-refractivity contribution in [2.45, 2.75) is 40.7 Å². The molecule has 4 nitrogen and oxygen atoms in total. The fraction of sp³-hybridized carbons (Fsp3) is 0.368. The average molecular weight is 313 g/mol. The molecule has 0 spiro atoms. The van der Waals surface area contributed by atoms with Crippen LogP contribution in [0.4, 0.5) is 0 Å². The van der Waals surface area contributed by atoms with Gasteiger partial charge in [0, 0.05) is 5.56 Å². The Morgan fingerprint density at radius 2 is 1.70 bits per heavy atom. The highest BCUT2D eigenvalue weighted by Gasteiger charge is 2.21. The molecule has 2 rings (SSSR count). The third-order valence-corrected chi connectivity index (χ3v) is 3.92. The highest BCUT2D eigenvalue weighted by atomic mass is 16.3. The first-order valence-electron chi connectivity index (χ1n) is 7.78. The van der Waals surface area contributed by atoms with Crippen molar-refractivity contribution >= 4 is 11.7 Å². The molecular formula is C19H23NO3. The zero-order chi connectivity index (χ0) is 17.1. The second kappa shape index (κ2) is 6.82. The Bertz CT molecular complexity index is 711. The lowest BCUT2D eigenvalue weighted by molar-refractivity contribution is 0.0923. The molecule has 0 aliphatic carbocycles. The van der Waals surface area contributed by atoms with E-state index in [1.54, 1.807) is 32.0 Å². The van der Waals surface area contributed by atoms with Gasteiger partial charge in [-0.2, -0.15) is 0 Å². The van der Waals surface area contributed by atoms with Crippen LogP contribution in [0.3, 0.4) is 0 Å². The first-order valence-corrected chi connectivity index (χ1v) is 7.78. The van der Waals surface area contributed by atoms with Crippen LogP contribution in [0.5, 0.6) is 0 Å². The summed E-state index contributed by atoms with van der Waals surface area (Å²) < 4.78 is 5.43. The number of hydrogen-bond acceptors (Lipinski definition) is 3. The number of ketones is 1. The van der Waals surface area contributed by atoms with E-state index in [2.05, 4.69) is 19.2 Å². The lowest BCUT2D eigenvalue weighted by atomic mass is 9.94. The summed E-state index contributed by atoms with van der Waals surface area (Å²) in [6.45, 7) is 9.26. The largest absolute Gasteiger partial charge is 0.466 e. The molecule has 0 bridgehead atoms. The van der Waals surface area contributed by atoms with Gasteiger partial charge in [0.25, 0.3) is 5.91 Å². The molecule has 1 N–H and O–H groups in total. The fourth-order valence-electron chi connectivity index (χ4n) is 2.64. The van der Waals surface area contributed by atoms with Crippen LogP contribution in [0, 0.1) is 19.8 Å². The molecule has 1 aromatic carbocycles. The SMILES string of the molecule is CC(=O)c1ccc(C(NC(=O)c2cc(C)oc2C)C(C)C)cc1. The summed E-state index contributed by atoms with van der Waals surface area (Å²) in [6.07, 6.45) is 0. The number of amides is 1. The molecule has 0 aliphatic heterocycles. The molecule has 1 amide bonds. The first kappa shape index (κ1) is 17.0. The predicted molar refractivity (Wildman–Crippen MR) is 89.7 cm³/mol. The second-order valence-corrected chi connectivity index (χ2v) is 6.20. The van der Waals surface area contributed by atoms with Crippen molar-refractivity contribution in [2.24, 2.45) is 5.92 Å². The normalized spacial score (nSPS) is 12.3. The third-order valence-electron chi connectivity index (χ3n) is 3.92. The van der Waals surface area contributed by atoms with Crippen LogP contribution in [0.2, 0.25) is 0 Å². The van der Waals surface area contributed by atoms with Crippen LogP contribution in [0.1, 0.15) is 64.6 Å². The van der Waals surface area contributed by atoms with E-state index >= 15 is 0 Å². The van der Waals surface area contributed by atoms with Crippen LogP contribution >= 0.6 is 0 Å². The van der Waals surface area contributed by atoms with Crippen LogP contribution < -0.4 is 5.32 Å². The van der Waals surface area contributed by atoms with Crippen molar-refractivity contribution < 1.29 is 14.0 Å².